The highest BCUT2D eigenvalue weighted by Crippen LogP contribution is 2.33. The maximum Gasteiger partial charge on any atom is 0.334 e. The van der Waals surface area contributed by atoms with Crippen molar-refractivity contribution in [3.63, 3.8) is 0 Å². The summed E-state index contributed by atoms with van der Waals surface area (Å²) in [6.07, 6.45) is 39.7. The molecule has 294 valence electrons. The standard InChI is InChI=1S/C33H58O2.C14H18O3/c34-33(35-31-26-20-14-8-3-9-15-21-27-31)32(30-24-18-12-6-2-7-13-19-25-30)28-29-22-16-10-4-1-5-11-17-23-29;1-12(14(16)17-11-5-10-15)8-9-13-6-3-2-4-7-13/h28-31H,1-27H2;2-4,6-7,15H,1,5,8-11H2. The van der Waals surface area contributed by atoms with Crippen molar-refractivity contribution in [2.45, 2.75) is 199 Å². The number of carbonyl (C=O) groups excluding carboxylic acids is 2. The third kappa shape index (κ3) is 20.2. The Kier molecular flexibility index (Phi) is 24.6. The summed E-state index contributed by atoms with van der Waals surface area (Å²) in [7, 11) is 0. The Hall–Kier alpha value is -2.40. The summed E-state index contributed by atoms with van der Waals surface area (Å²) < 4.78 is 11.3. The van der Waals surface area contributed by atoms with Gasteiger partial charge in [0.1, 0.15) is 6.10 Å². The molecule has 4 rings (SSSR count). The molecule has 0 unspecified atom stereocenters. The fourth-order valence-corrected chi connectivity index (χ4v) is 8.24. The zero-order chi connectivity index (χ0) is 36.9. The average molecular weight is 721 g/mol. The van der Waals surface area contributed by atoms with Crippen molar-refractivity contribution in [1.29, 1.82) is 0 Å². The van der Waals surface area contributed by atoms with Gasteiger partial charge in [0.05, 0.1) is 6.61 Å². The molecule has 0 aliphatic heterocycles. The van der Waals surface area contributed by atoms with E-state index in [9.17, 15) is 9.59 Å². The van der Waals surface area contributed by atoms with Gasteiger partial charge in [0.2, 0.25) is 0 Å². The van der Waals surface area contributed by atoms with Crippen molar-refractivity contribution in [3.8, 4) is 0 Å². The van der Waals surface area contributed by atoms with Crippen molar-refractivity contribution in [3.05, 3.63) is 59.7 Å². The molecule has 3 saturated carbocycles. The van der Waals surface area contributed by atoms with Crippen LogP contribution in [0, 0.1) is 11.8 Å². The number of carbonyl (C=O) groups is 2. The number of aliphatic hydroxyl groups is 1. The molecule has 1 N–H and O–H groups in total. The van der Waals surface area contributed by atoms with Crippen molar-refractivity contribution >= 4 is 11.9 Å². The molecule has 3 fully saturated rings. The Morgan fingerprint density at radius 2 is 1.10 bits per heavy atom. The predicted molar refractivity (Wildman–Crippen MR) is 216 cm³/mol. The Morgan fingerprint density at radius 3 is 1.60 bits per heavy atom. The lowest BCUT2D eigenvalue weighted by Crippen LogP contribution is -2.24. The third-order valence-electron chi connectivity index (χ3n) is 11.6. The number of esters is 2. The molecule has 52 heavy (non-hydrogen) atoms. The van der Waals surface area contributed by atoms with Gasteiger partial charge in [-0.1, -0.05) is 165 Å². The molecule has 5 heteroatoms. The number of hydrogen-bond acceptors (Lipinski definition) is 5. The molecular weight excluding hydrogens is 645 g/mol. The van der Waals surface area contributed by atoms with E-state index in [1.165, 1.54) is 166 Å². The van der Waals surface area contributed by atoms with Gasteiger partial charge >= 0.3 is 11.9 Å². The number of allylic oxidation sites excluding steroid dienone is 1. The van der Waals surface area contributed by atoms with Crippen LogP contribution in [0.3, 0.4) is 0 Å². The summed E-state index contributed by atoms with van der Waals surface area (Å²) in [5.41, 5.74) is 2.76. The quantitative estimate of drug-likeness (QED) is 0.140. The predicted octanol–water partition coefficient (Wildman–Crippen LogP) is 12.7. The Bertz CT molecular complexity index is 1080. The minimum absolute atomic E-state index is 0.0315. The van der Waals surface area contributed by atoms with Crippen LogP contribution >= 0.6 is 0 Å². The van der Waals surface area contributed by atoms with Gasteiger partial charge in [-0.05, 0) is 81.6 Å². The van der Waals surface area contributed by atoms with Crippen molar-refractivity contribution < 1.29 is 24.2 Å². The highest BCUT2D eigenvalue weighted by atomic mass is 16.5. The smallest absolute Gasteiger partial charge is 0.334 e. The molecule has 3 aliphatic rings. The van der Waals surface area contributed by atoms with Crippen LogP contribution in [0.4, 0.5) is 0 Å². The minimum atomic E-state index is -0.366. The fourth-order valence-electron chi connectivity index (χ4n) is 8.24. The number of benzene rings is 1. The van der Waals surface area contributed by atoms with Crippen LogP contribution in [0.25, 0.3) is 0 Å². The first kappa shape index (κ1) is 44.0. The molecule has 0 saturated heterocycles. The van der Waals surface area contributed by atoms with Gasteiger partial charge in [0.15, 0.2) is 0 Å². The van der Waals surface area contributed by atoms with E-state index in [-0.39, 0.29) is 31.3 Å². The third-order valence-corrected chi connectivity index (χ3v) is 11.6. The summed E-state index contributed by atoms with van der Waals surface area (Å²) >= 11 is 0. The molecule has 0 radical (unpaired) electrons. The van der Waals surface area contributed by atoms with E-state index in [1.54, 1.807) is 0 Å². The van der Waals surface area contributed by atoms with Gasteiger partial charge in [0, 0.05) is 24.2 Å². The molecule has 5 nitrogen and oxygen atoms in total. The minimum Gasteiger partial charge on any atom is -0.462 e. The zero-order valence-corrected chi connectivity index (χ0v) is 33.1. The average Bonchev–Trinajstić information content (AvgIpc) is 3.17. The summed E-state index contributed by atoms with van der Waals surface area (Å²) in [6.45, 7) is 3.99. The molecule has 0 atom stereocenters. The largest absolute Gasteiger partial charge is 0.462 e. The second-order valence-corrected chi connectivity index (χ2v) is 16.1. The first-order chi connectivity index (χ1) is 25.6. The van der Waals surface area contributed by atoms with Crippen LogP contribution in [-0.4, -0.2) is 36.4 Å². The highest BCUT2D eigenvalue weighted by Gasteiger charge is 2.26. The zero-order valence-electron chi connectivity index (χ0n) is 33.1. The van der Waals surface area contributed by atoms with Crippen molar-refractivity contribution in [2.75, 3.05) is 13.2 Å². The van der Waals surface area contributed by atoms with Crippen LogP contribution in [0.1, 0.15) is 192 Å². The maximum atomic E-state index is 13.9. The molecule has 3 aliphatic carbocycles. The maximum absolute atomic E-state index is 13.9. The van der Waals surface area contributed by atoms with Gasteiger partial charge in [-0.2, -0.15) is 0 Å². The molecule has 0 amide bonds. The summed E-state index contributed by atoms with van der Waals surface area (Å²) in [5.74, 6) is 0.714. The molecule has 0 bridgehead atoms. The van der Waals surface area contributed by atoms with E-state index in [0.717, 1.165) is 24.8 Å². The van der Waals surface area contributed by atoms with Crippen LogP contribution < -0.4 is 0 Å². The Labute approximate surface area is 318 Å². The molecule has 0 spiro atoms. The first-order valence-electron chi connectivity index (χ1n) is 22.0. The van der Waals surface area contributed by atoms with Gasteiger partial charge in [-0.3, -0.25) is 0 Å². The van der Waals surface area contributed by atoms with Crippen LogP contribution in [0.5, 0.6) is 0 Å². The van der Waals surface area contributed by atoms with Crippen LogP contribution in [-0.2, 0) is 25.5 Å². The van der Waals surface area contributed by atoms with Gasteiger partial charge in [0.25, 0.3) is 0 Å². The Balaban J connectivity index is 0.000000359. The van der Waals surface area contributed by atoms with E-state index < -0.39 is 0 Å². The molecule has 1 aromatic rings. The van der Waals surface area contributed by atoms with Crippen LogP contribution in [0.2, 0.25) is 0 Å². The van der Waals surface area contributed by atoms with E-state index in [1.807, 2.05) is 30.3 Å². The van der Waals surface area contributed by atoms with Gasteiger partial charge in [-0.25, -0.2) is 9.59 Å². The molecule has 0 heterocycles. The lowest BCUT2D eigenvalue weighted by Gasteiger charge is -2.26. The SMILES string of the molecule is C=C(CCc1ccccc1)C(=O)OCCCO.O=C(OC1CCCCCCCCC1)C(=CC1CCCCCCCCC1)C1CCCCCCCCC1. The van der Waals surface area contributed by atoms with Gasteiger partial charge in [-0.15, -0.1) is 0 Å². The van der Waals surface area contributed by atoms with Crippen molar-refractivity contribution in [2.24, 2.45) is 11.8 Å². The fraction of sp³-hybridized carbons (Fsp3) is 0.745. The normalized spacial score (nSPS) is 20.4. The molecular formula is C47H76O5. The number of aliphatic hydroxyl groups excluding tert-OH is 1. The van der Waals surface area contributed by atoms with E-state index in [4.69, 9.17) is 14.6 Å². The first-order valence-corrected chi connectivity index (χ1v) is 22.0. The van der Waals surface area contributed by atoms with Crippen LogP contribution in [0.15, 0.2) is 54.1 Å². The summed E-state index contributed by atoms with van der Waals surface area (Å²) in [6, 6.07) is 9.94. The van der Waals surface area contributed by atoms with Gasteiger partial charge < -0.3 is 14.6 Å². The Morgan fingerprint density at radius 1 is 0.635 bits per heavy atom. The highest BCUT2D eigenvalue weighted by molar-refractivity contribution is 5.89. The number of hydrogen-bond donors (Lipinski definition) is 1. The van der Waals surface area contributed by atoms with Crippen molar-refractivity contribution in [1.82, 2.24) is 0 Å². The number of ether oxygens (including phenoxy) is 2. The molecule has 0 aromatic heterocycles. The lowest BCUT2D eigenvalue weighted by atomic mass is 9.83. The number of aryl methyl sites for hydroxylation is 1. The second kappa shape index (κ2) is 29.0. The van der Waals surface area contributed by atoms with E-state index in [2.05, 4.69) is 12.7 Å². The number of rotatable bonds is 11. The second-order valence-electron chi connectivity index (χ2n) is 16.1. The topological polar surface area (TPSA) is 72.8 Å². The summed E-state index contributed by atoms with van der Waals surface area (Å²) in [4.78, 5) is 25.3. The van der Waals surface area contributed by atoms with E-state index >= 15 is 0 Å². The molecule has 1 aromatic carbocycles. The summed E-state index contributed by atoms with van der Waals surface area (Å²) in [5, 5.41) is 8.56. The lowest BCUT2D eigenvalue weighted by molar-refractivity contribution is -0.146. The monoisotopic (exact) mass is 721 g/mol. The van der Waals surface area contributed by atoms with E-state index in [0.29, 0.717) is 30.3 Å².